The average molecular weight is 410 g/mol. The Morgan fingerprint density at radius 1 is 1.28 bits per heavy atom. The molecule has 1 heterocycles. The molecular weight excluding hydrogens is 358 g/mol. The van der Waals surface area contributed by atoms with Crippen molar-refractivity contribution >= 4 is 5.97 Å². The van der Waals surface area contributed by atoms with Crippen LogP contribution in [-0.4, -0.2) is 35.6 Å². The fourth-order valence-electron chi connectivity index (χ4n) is 4.35. The largest absolute Gasteiger partial charge is 0.460 e. The van der Waals surface area contributed by atoms with E-state index < -0.39 is 0 Å². The summed E-state index contributed by atoms with van der Waals surface area (Å²) in [7, 11) is 0. The number of esters is 1. The van der Waals surface area contributed by atoms with Crippen molar-refractivity contribution < 1.29 is 9.53 Å². The van der Waals surface area contributed by atoms with Gasteiger partial charge in [0.1, 0.15) is 5.60 Å². The molecule has 172 valence electrons. The number of ether oxygens (including phenoxy) is 1. The summed E-state index contributed by atoms with van der Waals surface area (Å²) in [4.78, 5) is 13.0. The number of hydrogen-bond donors (Lipinski definition) is 0. The molecule has 3 heteroatoms. The Hall–Kier alpha value is -0.830. The summed E-state index contributed by atoms with van der Waals surface area (Å²) in [6.45, 7) is 24.6. The molecule has 2 rings (SSSR count). The predicted molar refractivity (Wildman–Crippen MR) is 127 cm³/mol. The molecule has 3 atom stereocenters. The first-order valence-corrected chi connectivity index (χ1v) is 12.0. The number of carbonyl (C=O) groups is 1. The molecule has 1 saturated carbocycles. The number of likely N-dealkylation sites (tertiary alicyclic amines) is 1. The maximum absolute atomic E-state index is 10.2. The molecule has 1 aliphatic carbocycles. The lowest BCUT2D eigenvalue weighted by atomic mass is 9.74. The van der Waals surface area contributed by atoms with Gasteiger partial charge in [-0.2, -0.15) is 0 Å². The predicted octanol–water partition coefficient (Wildman–Crippen LogP) is 7.11. The summed E-state index contributed by atoms with van der Waals surface area (Å²) < 4.78 is 4.80. The zero-order chi connectivity index (χ0) is 22.6. The molecule has 0 bridgehead atoms. The van der Waals surface area contributed by atoms with Crippen LogP contribution < -0.4 is 0 Å². The minimum absolute atomic E-state index is 0.225. The standard InChI is InChI=1S/C17H33N.C6H12O2.C3H6/c1-5-13(3)9-16-7-8-18(12-14(16)4)17-10-15(6-2)11-17;1-5(7)8-6(2,3)4;1-3-2/h13-17H,5-12H2,1-4H3;1-4H3;3H,1H2,2H3. The fourth-order valence-corrected chi connectivity index (χ4v) is 4.35. The quantitative estimate of drug-likeness (QED) is 0.358. The smallest absolute Gasteiger partial charge is 0.303 e. The van der Waals surface area contributed by atoms with Crippen molar-refractivity contribution in [2.24, 2.45) is 23.7 Å². The first kappa shape index (κ1) is 28.2. The van der Waals surface area contributed by atoms with Crippen LogP contribution in [0, 0.1) is 23.7 Å². The lowest BCUT2D eigenvalue weighted by Gasteiger charge is -2.48. The number of allylic oxidation sites excluding steroid dienone is 1. The van der Waals surface area contributed by atoms with Crippen molar-refractivity contribution in [3.05, 3.63) is 12.7 Å². The van der Waals surface area contributed by atoms with Crippen LogP contribution in [0.3, 0.4) is 0 Å². The van der Waals surface area contributed by atoms with Crippen LogP contribution in [-0.2, 0) is 9.53 Å². The van der Waals surface area contributed by atoms with Crippen molar-refractivity contribution in [3.63, 3.8) is 0 Å². The van der Waals surface area contributed by atoms with Gasteiger partial charge in [-0.15, -0.1) is 6.58 Å². The molecule has 1 saturated heterocycles. The second-order valence-corrected chi connectivity index (χ2v) is 10.3. The molecule has 0 aromatic heterocycles. The normalized spacial score (nSPS) is 27.9. The lowest BCUT2D eigenvalue weighted by molar-refractivity contribution is -0.151. The van der Waals surface area contributed by atoms with E-state index in [1.807, 2.05) is 27.7 Å². The topological polar surface area (TPSA) is 29.5 Å². The highest BCUT2D eigenvalue weighted by atomic mass is 16.6. The summed E-state index contributed by atoms with van der Waals surface area (Å²) in [5.74, 6) is 3.67. The summed E-state index contributed by atoms with van der Waals surface area (Å²) in [5.41, 5.74) is -0.328. The van der Waals surface area contributed by atoms with Crippen LogP contribution in [0.4, 0.5) is 0 Å². The molecule has 0 aromatic carbocycles. The van der Waals surface area contributed by atoms with E-state index in [4.69, 9.17) is 4.74 Å². The summed E-state index contributed by atoms with van der Waals surface area (Å²) in [5, 5.41) is 0. The maximum Gasteiger partial charge on any atom is 0.303 e. The van der Waals surface area contributed by atoms with Gasteiger partial charge in [-0.25, -0.2) is 0 Å². The van der Waals surface area contributed by atoms with E-state index >= 15 is 0 Å². The molecule has 0 aromatic rings. The maximum atomic E-state index is 10.2. The second-order valence-electron chi connectivity index (χ2n) is 10.3. The van der Waals surface area contributed by atoms with E-state index in [1.54, 1.807) is 6.08 Å². The van der Waals surface area contributed by atoms with Crippen LogP contribution in [0.1, 0.15) is 101 Å². The summed E-state index contributed by atoms with van der Waals surface area (Å²) >= 11 is 0. The van der Waals surface area contributed by atoms with Crippen molar-refractivity contribution in [2.75, 3.05) is 13.1 Å². The van der Waals surface area contributed by atoms with E-state index in [-0.39, 0.29) is 11.6 Å². The van der Waals surface area contributed by atoms with Gasteiger partial charge in [0, 0.05) is 19.5 Å². The Kier molecular flexibility index (Phi) is 13.8. The van der Waals surface area contributed by atoms with Crippen molar-refractivity contribution in [2.45, 2.75) is 112 Å². The molecule has 2 fully saturated rings. The van der Waals surface area contributed by atoms with Crippen molar-refractivity contribution in [1.82, 2.24) is 4.90 Å². The Balaban J connectivity index is 0.000000599. The molecule has 29 heavy (non-hydrogen) atoms. The van der Waals surface area contributed by atoms with Gasteiger partial charge < -0.3 is 9.64 Å². The summed E-state index contributed by atoms with van der Waals surface area (Å²) in [6, 6.07) is 0.946. The van der Waals surface area contributed by atoms with Gasteiger partial charge in [0.2, 0.25) is 0 Å². The molecule has 3 unspecified atom stereocenters. The average Bonchev–Trinajstić information content (AvgIpc) is 2.55. The van der Waals surface area contributed by atoms with Gasteiger partial charge in [0.15, 0.2) is 0 Å². The molecular formula is C26H51NO2. The van der Waals surface area contributed by atoms with Crippen LogP contribution in [0.5, 0.6) is 0 Å². The molecule has 2 aliphatic rings. The molecule has 0 spiro atoms. The van der Waals surface area contributed by atoms with Crippen LogP contribution >= 0.6 is 0 Å². The summed E-state index contributed by atoms with van der Waals surface area (Å²) in [6.07, 6.45) is 10.4. The van der Waals surface area contributed by atoms with E-state index in [9.17, 15) is 4.79 Å². The second kappa shape index (κ2) is 14.2. The third-order valence-corrected chi connectivity index (χ3v) is 6.27. The van der Waals surface area contributed by atoms with Gasteiger partial charge >= 0.3 is 5.97 Å². The van der Waals surface area contributed by atoms with E-state index in [1.165, 1.54) is 58.5 Å². The third kappa shape index (κ3) is 12.5. The Labute approximate surface area is 182 Å². The highest BCUT2D eigenvalue weighted by Gasteiger charge is 2.36. The molecule has 1 aliphatic heterocycles. The van der Waals surface area contributed by atoms with E-state index in [0.29, 0.717) is 0 Å². The Morgan fingerprint density at radius 3 is 2.17 bits per heavy atom. The Bertz CT molecular complexity index is 448. The lowest BCUT2D eigenvalue weighted by Crippen LogP contribution is -2.50. The third-order valence-electron chi connectivity index (χ3n) is 6.27. The first-order chi connectivity index (χ1) is 13.5. The number of hydrogen-bond acceptors (Lipinski definition) is 3. The molecule has 0 N–H and O–H groups in total. The van der Waals surface area contributed by atoms with Crippen LogP contribution in [0.25, 0.3) is 0 Å². The van der Waals surface area contributed by atoms with Crippen molar-refractivity contribution in [1.29, 1.82) is 0 Å². The van der Waals surface area contributed by atoms with Gasteiger partial charge in [-0.05, 0) is 83.6 Å². The number of carbonyl (C=O) groups excluding carboxylic acids is 1. The first-order valence-electron chi connectivity index (χ1n) is 12.0. The molecule has 0 radical (unpaired) electrons. The SMILES string of the molecule is C=CC.CC(=O)OC(C)(C)C.CCC(C)CC1CCN(C2CC(CC)C2)CC1C. The van der Waals surface area contributed by atoms with Gasteiger partial charge in [0.05, 0.1) is 0 Å². The number of rotatable bonds is 5. The number of nitrogens with zero attached hydrogens (tertiary/aromatic N) is 1. The zero-order valence-corrected chi connectivity index (χ0v) is 21.1. The van der Waals surface area contributed by atoms with Gasteiger partial charge in [-0.1, -0.05) is 46.6 Å². The monoisotopic (exact) mass is 409 g/mol. The Morgan fingerprint density at radius 2 is 1.83 bits per heavy atom. The number of piperidine rings is 1. The van der Waals surface area contributed by atoms with Crippen LogP contribution in [0.15, 0.2) is 12.7 Å². The van der Waals surface area contributed by atoms with E-state index in [0.717, 1.165) is 29.7 Å². The molecule has 3 nitrogen and oxygen atoms in total. The van der Waals surface area contributed by atoms with Gasteiger partial charge in [0.25, 0.3) is 0 Å². The van der Waals surface area contributed by atoms with Crippen LogP contribution in [0.2, 0.25) is 0 Å². The van der Waals surface area contributed by atoms with Gasteiger partial charge in [-0.3, -0.25) is 4.79 Å². The minimum atomic E-state index is -0.328. The highest BCUT2D eigenvalue weighted by Crippen LogP contribution is 2.38. The van der Waals surface area contributed by atoms with E-state index in [2.05, 4.69) is 39.2 Å². The highest BCUT2D eigenvalue weighted by molar-refractivity contribution is 5.66. The minimum Gasteiger partial charge on any atom is -0.460 e. The fraction of sp³-hybridized carbons (Fsp3) is 0.885. The van der Waals surface area contributed by atoms with Crippen molar-refractivity contribution in [3.8, 4) is 0 Å². The zero-order valence-electron chi connectivity index (χ0n) is 21.1. The molecule has 0 amide bonds.